The number of anilines is 1. The van der Waals surface area contributed by atoms with Crippen LogP contribution in [-0.4, -0.2) is 42.1 Å². The fourth-order valence-corrected chi connectivity index (χ4v) is 3.30. The highest BCUT2D eigenvalue weighted by atomic mass is 127. The summed E-state index contributed by atoms with van der Waals surface area (Å²) < 4.78 is 34.5. The molecule has 0 aliphatic carbocycles. The van der Waals surface area contributed by atoms with Gasteiger partial charge in [0.2, 0.25) is 0 Å². The Labute approximate surface area is 141 Å². The molecule has 9 nitrogen and oxygen atoms in total. The number of azide groups is 1. The molecule has 3 heterocycles. The van der Waals surface area contributed by atoms with Crippen LogP contribution in [0.2, 0.25) is 0 Å². The van der Waals surface area contributed by atoms with Gasteiger partial charge in [-0.1, -0.05) is 27.7 Å². The molecule has 1 saturated heterocycles. The molecule has 1 fully saturated rings. The Hall–Kier alpha value is -1.76. The molecule has 23 heavy (non-hydrogen) atoms. The minimum absolute atomic E-state index is 0.0295. The predicted octanol–water partition coefficient (Wildman–Crippen LogP) is 1.66. The SMILES string of the molecule is [N-]=[N+]=N[C@]1(CI)O[C@@H](c2ccc3c(N)nc(F)nn23)[C@H](F)[C@@H]1O. The quantitative estimate of drug-likeness (QED) is 0.248. The highest BCUT2D eigenvalue weighted by molar-refractivity contribution is 14.1. The van der Waals surface area contributed by atoms with Crippen LogP contribution in [0.3, 0.4) is 0 Å². The summed E-state index contributed by atoms with van der Waals surface area (Å²) in [7, 11) is 0. The molecule has 0 spiro atoms. The van der Waals surface area contributed by atoms with E-state index in [2.05, 4.69) is 20.1 Å². The lowest BCUT2D eigenvalue weighted by Crippen LogP contribution is -2.41. The van der Waals surface area contributed by atoms with Gasteiger partial charge in [-0.2, -0.15) is 9.37 Å². The van der Waals surface area contributed by atoms with Crippen LogP contribution in [0.1, 0.15) is 11.8 Å². The number of nitrogen functional groups attached to an aromatic ring is 1. The number of hydrogen-bond donors (Lipinski definition) is 2. The first kappa shape index (κ1) is 16.1. The smallest absolute Gasteiger partial charge is 0.327 e. The van der Waals surface area contributed by atoms with E-state index in [9.17, 15) is 13.9 Å². The molecule has 0 radical (unpaired) electrons. The van der Waals surface area contributed by atoms with E-state index >= 15 is 0 Å². The van der Waals surface area contributed by atoms with E-state index in [1.807, 2.05) is 22.6 Å². The first-order valence-corrected chi connectivity index (χ1v) is 7.89. The van der Waals surface area contributed by atoms with Crippen LogP contribution in [-0.2, 0) is 4.74 Å². The van der Waals surface area contributed by atoms with Crippen LogP contribution in [0.4, 0.5) is 14.6 Å². The second-order valence-corrected chi connectivity index (χ2v) is 5.68. The second kappa shape index (κ2) is 5.70. The van der Waals surface area contributed by atoms with Crippen molar-refractivity contribution in [3.05, 3.63) is 34.3 Å². The van der Waals surface area contributed by atoms with E-state index < -0.39 is 30.2 Å². The molecule has 2 aromatic heterocycles. The van der Waals surface area contributed by atoms with E-state index in [1.165, 1.54) is 12.1 Å². The van der Waals surface area contributed by atoms with Gasteiger partial charge in [-0.3, -0.25) is 0 Å². The summed E-state index contributed by atoms with van der Waals surface area (Å²) in [5.74, 6) is -0.118. The Morgan fingerprint density at radius 1 is 1.61 bits per heavy atom. The number of hydrogen-bond acceptors (Lipinski definition) is 6. The fraction of sp³-hybridized carbons (Fsp3) is 0.455. The van der Waals surface area contributed by atoms with Gasteiger partial charge < -0.3 is 15.6 Å². The van der Waals surface area contributed by atoms with E-state index in [1.54, 1.807) is 0 Å². The Morgan fingerprint density at radius 2 is 2.35 bits per heavy atom. The van der Waals surface area contributed by atoms with Crippen LogP contribution in [0, 0.1) is 6.08 Å². The molecule has 3 rings (SSSR count). The summed E-state index contributed by atoms with van der Waals surface area (Å²) in [6, 6.07) is 2.91. The number of fused-ring (bicyclic) bond motifs is 1. The number of ether oxygens (including phenoxy) is 1. The second-order valence-electron chi connectivity index (χ2n) is 4.92. The van der Waals surface area contributed by atoms with Crippen LogP contribution in [0.5, 0.6) is 0 Å². The number of aliphatic hydroxyl groups is 1. The molecule has 0 saturated carbocycles. The summed E-state index contributed by atoms with van der Waals surface area (Å²) in [5.41, 5.74) is 12.9. The van der Waals surface area contributed by atoms with E-state index in [0.717, 1.165) is 4.52 Å². The van der Waals surface area contributed by atoms with Crippen LogP contribution in [0.15, 0.2) is 17.2 Å². The van der Waals surface area contributed by atoms with Crippen molar-refractivity contribution < 1.29 is 18.6 Å². The highest BCUT2D eigenvalue weighted by Gasteiger charge is 2.55. The summed E-state index contributed by atoms with van der Waals surface area (Å²) in [6.07, 6.45) is -5.96. The van der Waals surface area contributed by atoms with Crippen molar-refractivity contribution in [2.24, 2.45) is 5.11 Å². The normalized spacial score (nSPS) is 30.5. The fourth-order valence-electron chi connectivity index (χ4n) is 2.52. The van der Waals surface area contributed by atoms with Crippen molar-refractivity contribution in [3.8, 4) is 0 Å². The molecule has 12 heteroatoms. The van der Waals surface area contributed by atoms with Gasteiger partial charge in [-0.05, 0) is 17.7 Å². The van der Waals surface area contributed by atoms with Crippen molar-refractivity contribution in [2.45, 2.75) is 24.1 Å². The number of halogens is 3. The molecule has 0 bridgehead atoms. The van der Waals surface area contributed by atoms with Crippen molar-refractivity contribution in [1.29, 1.82) is 0 Å². The average molecular weight is 437 g/mol. The van der Waals surface area contributed by atoms with Gasteiger partial charge in [0.25, 0.3) is 0 Å². The third kappa shape index (κ3) is 2.38. The third-order valence-corrected chi connectivity index (χ3v) is 4.72. The standard InChI is InChI=1S/C11H10F2IN7O2/c12-6-7(23-11(3-14,8(6)22)19-20-16)4-1-2-5-9(15)17-10(13)18-21(4)5/h1-2,6-8,22H,3H2,(H2,15,17,18)/t6-,7-,8-,11+/m0/s1. The van der Waals surface area contributed by atoms with Crippen molar-refractivity contribution >= 4 is 33.9 Å². The van der Waals surface area contributed by atoms with Crippen molar-refractivity contribution in [3.63, 3.8) is 0 Å². The predicted molar refractivity (Wildman–Crippen MR) is 82.9 cm³/mol. The largest absolute Gasteiger partial charge is 0.387 e. The Kier molecular flexibility index (Phi) is 4.00. The van der Waals surface area contributed by atoms with E-state index in [0.29, 0.717) is 0 Å². The summed E-state index contributed by atoms with van der Waals surface area (Å²) in [6.45, 7) is 0. The molecular formula is C11H10F2IN7O2. The summed E-state index contributed by atoms with van der Waals surface area (Å²) in [4.78, 5) is 5.99. The van der Waals surface area contributed by atoms with Crippen molar-refractivity contribution in [1.82, 2.24) is 14.6 Å². The first-order valence-electron chi connectivity index (χ1n) is 6.36. The average Bonchev–Trinajstić information content (AvgIpc) is 3.03. The summed E-state index contributed by atoms with van der Waals surface area (Å²) >= 11 is 1.82. The van der Waals surface area contributed by atoms with Gasteiger partial charge in [0.1, 0.15) is 17.7 Å². The number of aliphatic hydroxyl groups excluding tert-OH is 1. The lowest BCUT2D eigenvalue weighted by molar-refractivity contribution is -0.0612. The molecule has 0 unspecified atom stereocenters. The zero-order valence-corrected chi connectivity index (χ0v) is 13.5. The van der Waals surface area contributed by atoms with Gasteiger partial charge in [0.15, 0.2) is 17.7 Å². The number of alkyl halides is 2. The lowest BCUT2D eigenvalue weighted by atomic mass is 10.0. The zero-order chi connectivity index (χ0) is 16.8. The van der Waals surface area contributed by atoms with Crippen LogP contribution >= 0.6 is 22.6 Å². The van der Waals surface area contributed by atoms with Crippen molar-refractivity contribution in [2.75, 3.05) is 10.2 Å². The minimum Gasteiger partial charge on any atom is -0.387 e. The number of aromatic nitrogens is 3. The summed E-state index contributed by atoms with van der Waals surface area (Å²) in [5, 5.41) is 17.0. The van der Waals surface area contributed by atoms with E-state index in [4.69, 9.17) is 16.0 Å². The molecule has 1 aliphatic rings. The minimum atomic E-state index is -1.90. The molecule has 3 N–H and O–H groups in total. The Morgan fingerprint density at radius 3 is 3.00 bits per heavy atom. The topological polar surface area (TPSA) is 134 Å². The molecule has 1 aliphatic heterocycles. The highest BCUT2D eigenvalue weighted by Crippen LogP contribution is 2.44. The zero-order valence-electron chi connectivity index (χ0n) is 11.3. The Balaban J connectivity index is 2.11. The maximum atomic E-state index is 14.5. The Bertz CT molecular complexity index is 811. The molecule has 2 aromatic rings. The van der Waals surface area contributed by atoms with Crippen LogP contribution < -0.4 is 5.73 Å². The van der Waals surface area contributed by atoms with Crippen LogP contribution in [0.25, 0.3) is 16.0 Å². The molecule has 4 atom stereocenters. The lowest BCUT2D eigenvalue weighted by Gasteiger charge is -2.23. The van der Waals surface area contributed by atoms with Gasteiger partial charge in [-0.15, -0.1) is 5.10 Å². The maximum absolute atomic E-state index is 14.5. The van der Waals surface area contributed by atoms with Gasteiger partial charge in [0.05, 0.1) is 5.69 Å². The number of rotatable bonds is 3. The molecular weight excluding hydrogens is 427 g/mol. The monoisotopic (exact) mass is 437 g/mol. The van der Waals surface area contributed by atoms with Gasteiger partial charge in [-0.25, -0.2) is 8.91 Å². The molecule has 122 valence electrons. The molecule has 0 aromatic carbocycles. The number of nitrogens with two attached hydrogens (primary N) is 1. The number of nitrogens with zero attached hydrogens (tertiary/aromatic N) is 6. The van der Waals surface area contributed by atoms with Gasteiger partial charge in [0, 0.05) is 9.34 Å². The third-order valence-electron chi connectivity index (χ3n) is 3.62. The molecule has 0 amide bonds. The maximum Gasteiger partial charge on any atom is 0.327 e. The van der Waals surface area contributed by atoms with E-state index in [-0.39, 0.29) is 21.5 Å². The first-order chi connectivity index (χ1) is 10.9. The van der Waals surface area contributed by atoms with Gasteiger partial charge >= 0.3 is 6.08 Å².